The van der Waals surface area contributed by atoms with E-state index in [1.54, 1.807) is 12.3 Å². The fourth-order valence-corrected chi connectivity index (χ4v) is 5.03. The number of morpholine rings is 1. The number of nitrogens with zero attached hydrogens (tertiary/aromatic N) is 2. The summed E-state index contributed by atoms with van der Waals surface area (Å²) in [6.07, 6.45) is 2.31. The number of aromatic amines is 1. The van der Waals surface area contributed by atoms with E-state index in [4.69, 9.17) is 4.74 Å². The minimum absolute atomic E-state index is 0.120. The minimum atomic E-state index is -3.83. The van der Waals surface area contributed by atoms with Gasteiger partial charge in [0.15, 0.2) is 0 Å². The van der Waals surface area contributed by atoms with Gasteiger partial charge >= 0.3 is 0 Å². The van der Waals surface area contributed by atoms with Gasteiger partial charge in [-0.15, -0.1) is 0 Å². The highest BCUT2D eigenvalue weighted by Gasteiger charge is 2.28. The summed E-state index contributed by atoms with van der Waals surface area (Å²) < 4.78 is 45.3. The van der Waals surface area contributed by atoms with Gasteiger partial charge in [0.1, 0.15) is 11.5 Å². The second-order valence-corrected chi connectivity index (χ2v) is 9.07. The molecule has 1 saturated heterocycles. The molecule has 0 amide bonds. The molecule has 2 heterocycles. The van der Waals surface area contributed by atoms with Gasteiger partial charge < -0.3 is 15.0 Å². The fraction of sp³-hybridized carbons (Fsp3) is 0.300. The number of nitro groups is 1. The molecule has 0 saturated carbocycles. The van der Waals surface area contributed by atoms with Gasteiger partial charge in [0.2, 0.25) is 10.0 Å². The number of rotatable bonds is 7. The van der Waals surface area contributed by atoms with E-state index in [0.717, 1.165) is 17.0 Å². The van der Waals surface area contributed by atoms with Crippen molar-refractivity contribution >= 4 is 32.3 Å². The molecule has 1 aromatic heterocycles. The third kappa shape index (κ3) is 4.38. The van der Waals surface area contributed by atoms with Crippen LogP contribution < -0.4 is 5.32 Å². The molecule has 1 aliphatic heterocycles. The van der Waals surface area contributed by atoms with E-state index >= 15 is 0 Å². The lowest BCUT2D eigenvalue weighted by Gasteiger charge is -2.26. The first-order valence-electron chi connectivity index (χ1n) is 9.72. The lowest BCUT2D eigenvalue weighted by Crippen LogP contribution is -2.40. The Hall–Kier alpha value is -3.02. The van der Waals surface area contributed by atoms with Gasteiger partial charge in [0, 0.05) is 42.8 Å². The van der Waals surface area contributed by atoms with Crippen molar-refractivity contribution in [2.75, 3.05) is 38.2 Å². The van der Waals surface area contributed by atoms with Crippen LogP contribution in [0, 0.1) is 15.9 Å². The summed E-state index contributed by atoms with van der Waals surface area (Å²) in [5.41, 5.74) is 1.54. The van der Waals surface area contributed by atoms with Crippen molar-refractivity contribution in [1.29, 1.82) is 0 Å². The Morgan fingerprint density at radius 3 is 2.71 bits per heavy atom. The lowest BCUT2D eigenvalue weighted by atomic mass is 10.1. The summed E-state index contributed by atoms with van der Waals surface area (Å²) >= 11 is 0. The molecule has 2 aromatic carbocycles. The number of anilines is 1. The van der Waals surface area contributed by atoms with Crippen LogP contribution in [0.3, 0.4) is 0 Å². The van der Waals surface area contributed by atoms with Crippen molar-refractivity contribution in [3.05, 3.63) is 64.1 Å². The maximum atomic E-state index is 13.3. The van der Waals surface area contributed by atoms with Gasteiger partial charge in [-0.1, -0.05) is 0 Å². The van der Waals surface area contributed by atoms with Crippen molar-refractivity contribution in [2.24, 2.45) is 0 Å². The van der Waals surface area contributed by atoms with Gasteiger partial charge in [0.05, 0.1) is 23.0 Å². The molecule has 164 valence electrons. The van der Waals surface area contributed by atoms with Gasteiger partial charge in [-0.2, -0.15) is 4.31 Å². The number of ether oxygens (including phenoxy) is 1. The SMILES string of the molecule is O=[N+]([O-])c1cc(S(=O)(=O)N2CCOCC2)ccc1NCCc1c[nH]c2cc(F)ccc12. The van der Waals surface area contributed by atoms with Crippen molar-refractivity contribution in [2.45, 2.75) is 11.3 Å². The second kappa shape index (κ2) is 8.61. The molecule has 1 fully saturated rings. The first kappa shape index (κ1) is 21.2. The van der Waals surface area contributed by atoms with Crippen LogP contribution in [-0.2, 0) is 21.2 Å². The minimum Gasteiger partial charge on any atom is -0.379 e. The predicted molar refractivity (Wildman–Crippen MR) is 113 cm³/mol. The summed E-state index contributed by atoms with van der Waals surface area (Å²) in [6.45, 7) is 1.39. The number of nitrogens with one attached hydrogen (secondary N) is 2. The zero-order valence-corrected chi connectivity index (χ0v) is 17.3. The van der Waals surface area contributed by atoms with E-state index in [1.807, 2.05) is 0 Å². The number of hydrogen-bond donors (Lipinski definition) is 2. The molecular weight excluding hydrogens is 427 g/mol. The highest BCUT2D eigenvalue weighted by atomic mass is 32.2. The van der Waals surface area contributed by atoms with Crippen LogP contribution in [0.25, 0.3) is 10.9 Å². The van der Waals surface area contributed by atoms with Crippen LogP contribution in [-0.4, -0.2) is 55.5 Å². The molecule has 11 heteroatoms. The third-order valence-corrected chi connectivity index (χ3v) is 7.11. The molecule has 31 heavy (non-hydrogen) atoms. The maximum Gasteiger partial charge on any atom is 0.293 e. The van der Waals surface area contributed by atoms with Gasteiger partial charge in [0.25, 0.3) is 5.69 Å². The van der Waals surface area contributed by atoms with Gasteiger partial charge in [-0.25, -0.2) is 12.8 Å². The van der Waals surface area contributed by atoms with Crippen LogP contribution in [0.15, 0.2) is 47.5 Å². The Labute approximate surface area is 178 Å². The molecule has 0 bridgehead atoms. The highest BCUT2D eigenvalue weighted by molar-refractivity contribution is 7.89. The van der Waals surface area contributed by atoms with Crippen molar-refractivity contribution in [1.82, 2.24) is 9.29 Å². The van der Waals surface area contributed by atoms with Crippen LogP contribution in [0.1, 0.15) is 5.56 Å². The first-order valence-corrected chi connectivity index (χ1v) is 11.2. The quantitative estimate of drug-likeness (QED) is 0.424. The maximum absolute atomic E-state index is 13.3. The number of halogens is 1. The molecule has 2 N–H and O–H groups in total. The van der Waals surface area contributed by atoms with Crippen molar-refractivity contribution in [3.63, 3.8) is 0 Å². The van der Waals surface area contributed by atoms with Crippen LogP contribution in [0.4, 0.5) is 15.8 Å². The van der Waals surface area contributed by atoms with E-state index in [0.29, 0.717) is 31.7 Å². The Kier molecular flexibility index (Phi) is 5.90. The molecule has 0 aliphatic carbocycles. The molecule has 9 nitrogen and oxygen atoms in total. The van der Waals surface area contributed by atoms with Gasteiger partial charge in [-0.3, -0.25) is 10.1 Å². The summed E-state index contributed by atoms with van der Waals surface area (Å²) in [5, 5.41) is 15.5. The third-order valence-electron chi connectivity index (χ3n) is 5.21. The van der Waals surface area contributed by atoms with E-state index in [1.165, 1.54) is 28.6 Å². The molecule has 0 radical (unpaired) electrons. The molecule has 3 aromatic rings. The van der Waals surface area contributed by atoms with E-state index < -0.39 is 14.9 Å². The predicted octanol–water partition coefficient (Wildman–Crippen LogP) is 2.89. The Balaban J connectivity index is 1.51. The average Bonchev–Trinajstić information content (AvgIpc) is 3.16. The second-order valence-electron chi connectivity index (χ2n) is 7.13. The zero-order chi connectivity index (χ0) is 22.0. The van der Waals surface area contributed by atoms with Crippen molar-refractivity contribution < 1.29 is 22.5 Å². The fourth-order valence-electron chi connectivity index (χ4n) is 3.61. The highest BCUT2D eigenvalue weighted by Crippen LogP contribution is 2.29. The Morgan fingerprint density at radius 1 is 1.19 bits per heavy atom. The summed E-state index contributed by atoms with van der Waals surface area (Å²) in [6, 6.07) is 8.34. The summed E-state index contributed by atoms with van der Waals surface area (Å²) in [4.78, 5) is 13.9. The van der Waals surface area contributed by atoms with Crippen LogP contribution in [0.2, 0.25) is 0 Å². The number of sulfonamides is 1. The van der Waals surface area contributed by atoms with Crippen LogP contribution in [0.5, 0.6) is 0 Å². The Morgan fingerprint density at radius 2 is 1.97 bits per heavy atom. The van der Waals surface area contributed by atoms with E-state index in [-0.39, 0.29) is 35.2 Å². The lowest BCUT2D eigenvalue weighted by molar-refractivity contribution is -0.384. The summed E-state index contributed by atoms with van der Waals surface area (Å²) in [5.74, 6) is -0.332. The number of aromatic nitrogens is 1. The molecule has 0 spiro atoms. The topological polar surface area (TPSA) is 118 Å². The van der Waals surface area contributed by atoms with Crippen LogP contribution >= 0.6 is 0 Å². The number of benzene rings is 2. The zero-order valence-electron chi connectivity index (χ0n) is 16.5. The van der Waals surface area contributed by atoms with Gasteiger partial charge in [-0.05, 0) is 42.3 Å². The molecule has 0 unspecified atom stereocenters. The average molecular weight is 448 g/mol. The molecule has 1 aliphatic rings. The number of nitro benzene ring substituents is 1. The number of H-pyrrole nitrogens is 1. The standard InChI is InChI=1S/C20H21FN4O5S/c21-15-1-3-17-14(13-23-19(17)11-15)5-6-22-18-4-2-16(12-20(18)25(26)27)31(28,29)24-7-9-30-10-8-24/h1-4,11-13,22-23H,5-10H2. The molecule has 0 atom stereocenters. The smallest absolute Gasteiger partial charge is 0.293 e. The Bertz CT molecular complexity index is 1220. The van der Waals surface area contributed by atoms with E-state index in [9.17, 15) is 22.9 Å². The normalized spacial score (nSPS) is 15.3. The summed E-state index contributed by atoms with van der Waals surface area (Å²) in [7, 11) is -3.83. The first-order chi connectivity index (χ1) is 14.9. The number of fused-ring (bicyclic) bond motifs is 1. The number of hydrogen-bond acceptors (Lipinski definition) is 6. The molecule has 4 rings (SSSR count). The monoisotopic (exact) mass is 448 g/mol. The largest absolute Gasteiger partial charge is 0.379 e. The molecular formula is C20H21FN4O5S. The van der Waals surface area contributed by atoms with E-state index in [2.05, 4.69) is 10.3 Å². The van der Waals surface area contributed by atoms with Crippen molar-refractivity contribution in [3.8, 4) is 0 Å².